The van der Waals surface area contributed by atoms with Gasteiger partial charge in [0.1, 0.15) is 11.3 Å². The number of fused-ring (bicyclic) bond motifs is 1. The summed E-state index contributed by atoms with van der Waals surface area (Å²) in [6, 6.07) is 6.94. The van der Waals surface area contributed by atoms with Crippen LogP contribution in [-0.4, -0.2) is 4.98 Å². The lowest BCUT2D eigenvalue weighted by Crippen LogP contribution is -2.03. The van der Waals surface area contributed by atoms with Gasteiger partial charge in [0.15, 0.2) is 0 Å². The molecule has 1 heterocycles. The van der Waals surface area contributed by atoms with E-state index in [4.69, 9.17) is 5.73 Å². The fraction of sp³-hybridized carbons (Fsp3) is 0.308. The molecule has 0 aliphatic heterocycles. The normalized spacial score (nSPS) is 11.3. The zero-order valence-electron chi connectivity index (χ0n) is 9.50. The van der Waals surface area contributed by atoms with Crippen LogP contribution in [0.25, 0.3) is 10.9 Å². The molecule has 0 aliphatic rings. The van der Waals surface area contributed by atoms with Gasteiger partial charge in [0.2, 0.25) is 0 Å². The van der Waals surface area contributed by atoms with E-state index in [2.05, 4.69) is 4.98 Å². The van der Waals surface area contributed by atoms with Crippen molar-refractivity contribution in [2.75, 3.05) is 0 Å². The Balaban J connectivity index is 2.79. The summed E-state index contributed by atoms with van der Waals surface area (Å²) < 4.78 is 13.6. The van der Waals surface area contributed by atoms with Gasteiger partial charge in [0.25, 0.3) is 0 Å². The second-order valence-corrected chi connectivity index (χ2v) is 4.20. The molecule has 0 radical (unpaired) electrons. The topological polar surface area (TPSA) is 38.9 Å². The van der Waals surface area contributed by atoms with E-state index in [0.717, 1.165) is 16.6 Å². The predicted octanol–water partition coefficient (Wildman–Crippen LogP) is 2.96. The van der Waals surface area contributed by atoms with Gasteiger partial charge in [-0.1, -0.05) is 26.0 Å². The highest BCUT2D eigenvalue weighted by molar-refractivity contribution is 5.83. The van der Waals surface area contributed by atoms with Crippen LogP contribution >= 0.6 is 0 Å². The van der Waals surface area contributed by atoms with Crippen LogP contribution in [0.3, 0.4) is 0 Å². The highest BCUT2D eigenvalue weighted by Gasteiger charge is 2.10. The number of halogens is 1. The molecule has 2 rings (SSSR count). The molecule has 0 amide bonds. The number of hydrogen-bond acceptors (Lipinski definition) is 2. The van der Waals surface area contributed by atoms with Gasteiger partial charge in [-0.15, -0.1) is 0 Å². The Morgan fingerprint density at radius 2 is 2.12 bits per heavy atom. The fourth-order valence-corrected chi connectivity index (χ4v) is 1.77. The van der Waals surface area contributed by atoms with Crippen molar-refractivity contribution < 1.29 is 4.39 Å². The summed E-state index contributed by atoms with van der Waals surface area (Å²) in [6.07, 6.45) is 0. The summed E-state index contributed by atoms with van der Waals surface area (Å²) in [5.74, 6) is -0.0102. The van der Waals surface area contributed by atoms with Gasteiger partial charge < -0.3 is 5.73 Å². The van der Waals surface area contributed by atoms with E-state index in [1.54, 1.807) is 6.07 Å². The first kappa shape index (κ1) is 11.0. The lowest BCUT2D eigenvalue weighted by atomic mass is 10.0. The predicted molar refractivity (Wildman–Crippen MR) is 63.7 cm³/mol. The average molecular weight is 218 g/mol. The number of nitrogens with two attached hydrogens (primary N) is 1. The van der Waals surface area contributed by atoms with Crippen molar-refractivity contribution in [1.29, 1.82) is 0 Å². The standard InChI is InChI=1S/C13H15FN2/c1-8(2)12-6-9(7-15)10-4-3-5-11(14)13(10)16-12/h3-6,8H,7,15H2,1-2H3. The molecule has 1 aromatic heterocycles. The molecule has 2 aromatic rings. The zero-order valence-corrected chi connectivity index (χ0v) is 9.50. The van der Waals surface area contributed by atoms with E-state index < -0.39 is 0 Å². The molecule has 84 valence electrons. The molecule has 0 aliphatic carbocycles. The molecule has 1 aromatic carbocycles. The molecule has 2 nitrogen and oxygen atoms in total. The van der Waals surface area contributed by atoms with E-state index in [1.807, 2.05) is 26.0 Å². The van der Waals surface area contributed by atoms with Crippen LogP contribution in [-0.2, 0) is 6.54 Å². The average Bonchev–Trinajstić information content (AvgIpc) is 2.28. The Labute approximate surface area is 94.3 Å². The van der Waals surface area contributed by atoms with Gasteiger partial charge in [-0.25, -0.2) is 9.37 Å². The van der Waals surface area contributed by atoms with Crippen molar-refractivity contribution in [2.24, 2.45) is 5.73 Å². The van der Waals surface area contributed by atoms with Gasteiger partial charge in [0, 0.05) is 17.6 Å². The summed E-state index contributed by atoms with van der Waals surface area (Å²) in [7, 11) is 0. The number of nitrogens with zero attached hydrogens (tertiary/aromatic N) is 1. The van der Waals surface area contributed by atoms with Gasteiger partial charge in [-0.3, -0.25) is 0 Å². The van der Waals surface area contributed by atoms with E-state index in [-0.39, 0.29) is 11.7 Å². The summed E-state index contributed by atoms with van der Waals surface area (Å²) in [5.41, 5.74) is 7.95. The van der Waals surface area contributed by atoms with Gasteiger partial charge in [-0.05, 0) is 23.6 Å². The number of pyridine rings is 1. The first-order chi connectivity index (χ1) is 7.63. The number of para-hydroxylation sites is 1. The molecule has 0 fully saturated rings. The number of hydrogen-bond donors (Lipinski definition) is 1. The SMILES string of the molecule is CC(C)c1cc(CN)c2cccc(F)c2n1. The zero-order chi connectivity index (χ0) is 11.7. The third-order valence-corrected chi connectivity index (χ3v) is 2.71. The van der Waals surface area contributed by atoms with E-state index >= 15 is 0 Å². The molecule has 0 spiro atoms. The Morgan fingerprint density at radius 3 is 2.75 bits per heavy atom. The molecule has 0 bridgehead atoms. The molecule has 0 saturated carbocycles. The van der Waals surface area contributed by atoms with Crippen LogP contribution in [0.2, 0.25) is 0 Å². The minimum Gasteiger partial charge on any atom is -0.326 e. The fourth-order valence-electron chi connectivity index (χ4n) is 1.77. The van der Waals surface area contributed by atoms with Gasteiger partial charge in [-0.2, -0.15) is 0 Å². The molecular weight excluding hydrogens is 203 g/mol. The Bertz CT molecular complexity index is 521. The maximum absolute atomic E-state index is 13.6. The molecule has 0 unspecified atom stereocenters. The monoisotopic (exact) mass is 218 g/mol. The van der Waals surface area contributed by atoms with Crippen molar-refractivity contribution in [1.82, 2.24) is 4.98 Å². The van der Waals surface area contributed by atoms with E-state index in [0.29, 0.717) is 12.1 Å². The lowest BCUT2D eigenvalue weighted by molar-refractivity contribution is 0.635. The second-order valence-electron chi connectivity index (χ2n) is 4.20. The van der Waals surface area contributed by atoms with E-state index in [1.165, 1.54) is 6.07 Å². The second kappa shape index (κ2) is 4.18. The van der Waals surface area contributed by atoms with Crippen LogP contribution in [0.5, 0.6) is 0 Å². The Hall–Kier alpha value is -1.48. The highest BCUT2D eigenvalue weighted by Crippen LogP contribution is 2.23. The smallest absolute Gasteiger partial charge is 0.149 e. The molecule has 0 atom stereocenters. The van der Waals surface area contributed by atoms with E-state index in [9.17, 15) is 4.39 Å². The molecule has 0 saturated heterocycles. The molecule has 3 heteroatoms. The van der Waals surface area contributed by atoms with Gasteiger partial charge >= 0.3 is 0 Å². The Morgan fingerprint density at radius 1 is 1.38 bits per heavy atom. The van der Waals surface area contributed by atoms with Crippen molar-refractivity contribution in [2.45, 2.75) is 26.3 Å². The largest absolute Gasteiger partial charge is 0.326 e. The maximum atomic E-state index is 13.6. The summed E-state index contributed by atoms with van der Waals surface area (Å²) >= 11 is 0. The quantitative estimate of drug-likeness (QED) is 0.841. The van der Waals surface area contributed by atoms with Crippen LogP contribution < -0.4 is 5.73 Å². The van der Waals surface area contributed by atoms with Crippen LogP contribution in [0, 0.1) is 5.82 Å². The summed E-state index contributed by atoms with van der Waals surface area (Å²) in [4.78, 5) is 4.35. The van der Waals surface area contributed by atoms with Crippen molar-refractivity contribution >= 4 is 10.9 Å². The number of benzene rings is 1. The summed E-state index contributed by atoms with van der Waals surface area (Å²) in [6.45, 7) is 4.48. The maximum Gasteiger partial charge on any atom is 0.149 e. The first-order valence-corrected chi connectivity index (χ1v) is 5.41. The molecular formula is C13H15FN2. The van der Waals surface area contributed by atoms with Crippen molar-refractivity contribution in [3.63, 3.8) is 0 Å². The highest BCUT2D eigenvalue weighted by atomic mass is 19.1. The van der Waals surface area contributed by atoms with Crippen molar-refractivity contribution in [3.05, 3.63) is 41.3 Å². The minimum atomic E-state index is -0.283. The summed E-state index contributed by atoms with van der Waals surface area (Å²) in [5, 5.41) is 0.812. The molecule has 16 heavy (non-hydrogen) atoms. The minimum absolute atomic E-state index is 0.273. The first-order valence-electron chi connectivity index (χ1n) is 5.41. The van der Waals surface area contributed by atoms with Crippen molar-refractivity contribution in [3.8, 4) is 0 Å². The number of aromatic nitrogens is 1. The molecule has 2 N–H and O–H groups in total. The van der Waals surface area contributed by atoms with Crippen LogP contribution in [0.1, 0.15) is 31.0 Å². The Kier molecular flexibility index (Phi) is 2.88. The van der Waals surface area contributed by atoms with Crippen LogP contribution in [0.15, 0.2) is 24.3 Å². The third-order valence-electron chi connectivity index (χ3n) is 2.71. The lowest BCUT2D eigenvalue weighted by Gasteiger charge is -2.10. The van der Waals surface area contributed by atoms with Crippen LogP contribution in [0.4, 0.5) is 4.39 Å². The number of rotatable bonds is 2. The van der Waals surface area contributed by atoms with Gasteiger partial charge in [0.05, 0.1) is 0 Å². The third kappa shape index (κ3) is 1.78.